The average molecular weight is 531 g/mol. The molecule has 38 heavy (non-hydrogen) atoms. The fourth-order valence-corrected chi connectivity index (χ4v) is 5.00. The maximum Gasteiger partial charge on any atom is 0.260 e. The van der Waals surface area contributed by atoms with Crippen molar-refractivity contribution < 1.29 is 17.9 Å². The molecule has 0 aliphatic carbocycles. The van der Waals surface area contributed by atoms with E-state index in [1.54, 1.807) is 30.5 Å². The zero-order valence-electron chi connectivity index (χ0n) is 21.8. The van der Waals surface area contributed by atoms with Crippen LogP contribution in [0.25, 0.3) is 5.69 Å². The molecule has 0 aliphatic heterocycles. The molecule has 4 rings (SSSR count). The maximum atomic E-state index is 12.6. The molecule has 0 atom stereocenters. The normalized spacial score (nSPS) is 11.5. The second-order valence-electron chi connectivity index (χ2n) is 8.92. The highest BCUT2D eigenvalue weighted by Gasteiger charge is 2.21. The Kier molecular flexibility index (Phi) is 7.97. The SMILES string of the molecule is Cc1ccccc1-n1c(C)cc(/C=N\NC(=O)CN(c2ccc(Oc3ccccc3)cc2)S(C)(=O)=O)c1C. The second kappa shape index (κ2) is 11.4. The first-order valence-electron chi connectivity index (χ1n) is 12.0. The van der Waals surface area contributed by atoms with Crippen molar-refractivity contribution in [2.45, 2.75) is 20.8 Å². The van der Waals surface area contributed by atoms with E-state index < -0.39 is 22.5 Å². The molecule has 1 N–H and O–H groups in total. The fraction of sp³-hybridized carbons (Fsp3) is 0.172. The third kappa shape index (κ3) is 6.30. The Bertz CT molecular complexity index is 1560. The molecular weight excluding hydrogens is 500 g/mol. The van der Waals surface area contributed by atoms with Gasteiger partial charge in [-0.05, 0) is 74.9 Å². The number of hydrogen-bond donors (Lipinski definition) is 1. The molecule has 0 saturated carbocycles. The Morgan fingerprint density at radius 1 is 0.947 bits per heavy atom. The zero-order valence-corrected chi connectivity index (χ0v) is 22.6. The number of hydrazone groups is 1. The lowest BCUT2D eigenvalue weighted by molar-refractivity contribution is -0.119. The summed E-state index contributed by atoms with van der Waals surface area (Å²) in [5.74, 6) is 0.645. The molecule has 8 nitrogen and oxygen atoms in total. The number of nitrogens with one attached hydrogen (secondary N) is 1. The first-order valence-corrected chi connectivity index (χ1v) is 13.9. The van der Waals surface area contributed by atoms with Crippen LogP contribution in [0, 0.1) is 20.8 Å². The molecule has 0 radical (unpaired) electrons. The topological polar surface area (TPSA) is 93.0 Å². The zero-order chi connectivity index (χ0) is 27.3. The smallest absolute Gasteiger partial charge is 0.260 e. The van der Waals surface area contributed by atoms with Crippen molar-refractivity contribution >= 4 is 27.8 Å². The van der Waals surface area contributed by atoms with E-state index in [0.29, 0.717) is 17.2 Å². The van der Waals surface area contributed by atoms with Crippen LogP contribution in [0.5, 0.6) is 11.5 Å². The summed E-state index contributed by atoms with van der Waals surface area (Å²) in [7, 11) is -3.73. The number of anilines is 1. The summed E-state index contributed by atoms with van der Waals surface area (Å²) >= 11 is 0. The average Bonchev–Trinajstić information content (AvgIpc) is 3.16. The van der Waals surface area contributed by atoms with E-state index >= 15 is 0 Å². The third-order valence-corrected chi connectivity index (χ3v) is 7.15. The number of sulfonamides is 1. The summed E-state index contributed by atoms with van der Waals surface area (Å²) < 4.78 is 33.8. The molecule has 1 heterocycles. The predicted octanol–water partition coefficient (Wildman–Crippen LogP) is 5.11. The molecule has 3 aromatic carbocycles. The van der Waals surface area contributed by atoms with Gasteiger partial charge in [-0.3, -0.25) is 9.10 Å². The van der Waals surface area contributed by atoms with Crippen molar-refractivity contribution in [1.82, 2.24) is 9.99 Å². The van der Waals surface area contributed by atoms with Gasteiger partial charge in [0.2, 0.25) is 10.0 Å². The van der Waals surface area contributed by atoms with Gasteiger partial charge in [0, 0.05) is 22.6 Å². The number of rotatable bonds is 9. The Morgan fingerprint density at radius 2 is 1.58 bits per heavy atom. The highest BCUT2D eigenvalue weighted by molar-refractivity contribution is 7.92. The largest absolute Gasteiger partial charge is 0.457 e. The molecule has 4 aromatic rings. The summed E-state index contributed by atoms with van der Waals surface area (Å²) in [6.45, 7) is 5.63. The number of carbonyl (C=O) groups excluding carboxylic acids is 1. The molecular formula is C29H30N4O4S. The lowest BCUT2D eigenvalue weighted by atomic mass is 10.2. The number of ether oxygens (including phenoxy) is 1. The predicted molar refractivity (Wildman–Crippen MR) is 151 cm³/mol. The highest BCUT2D eigenvalue weighted by Crippen LogP contribution is 2.26. The van der Waals surface area contributed by atoms with E-state index in [4.69, 9.17) is 4.74 Å². The number of hydrogen-bond acceptors (Lipinski definition) is 5. The van der Waals surface area contributed by atoms with Crippen LogP contribution in [-0.2, 0) is 14.8 Å². The van der Waals surface area contributed by atoms with Gasteiger partial charge in [0.25, 0.3) is 5.91 Å². The standard InChI is InChI=1S/C29H30N4O4S/c1-21-10-8-9-13-28(21)33-22(2)18-24(23(33)3)19-30-31-29(34)20-32(38(4,35)36)25-14-16-27(17-15-25)37-26-11-6-5-7-12-26/h5-19H,20H2,1-4H3,(H,31,34)/b30-19-. The monoisotopic (exact) mass is 530 g/mol. The highest BCUT2D eigenvalue weighted by atomic mass is 32.2. The lowest BCUT2D eigenvalue weighted by Gasteiger charge is -2.21. The van der Waals surface area contributed by atoms with E-state index in [1.165, 1.54) is 0 Å². The van der Waals surface area contributed by atoms with Gasteiger partial charge in [-0.2, -0.15) is 5.10 Å². The van der Waals surface area contributed by atoms with Crippen molar-refractivity contribution in [3.05, 3.63) is 107 Å². The second-order valence-corrected chi connectivity index (χ2v) is 10.8. The number of carbonyl (C=O) groups is 1. The number of amides is 1. The molecule has 1 aromatic heterocycles. The van der Waals surface area contributed by atoms with E-state index in [9.17, 15) is 13.2 Å². The van der Waals surface area contributed by atoms with Gasteiger partial charge in [-0.25, -0.2) is 13.8 Å². The van der Waals surface area contributed by atoms with E-state index in [2.05, 4.69) is 34.2 Å². The van der Waals surface area contributed by atoms with E-state index in [-0.39, 0.29) is 0 Å². The van der Waals surface area contributed by atoms with Crippen molar-refractivity contribution in [3.63, 3.8) is 0 Å². The Morgan fingerprint density at radius 3 is 2.24 bits per heavy atom. The summed E-state index contributed by atoms with van der Waals surface area (Å²) in [5.41, 5.74) is 7.87. The minimum absolute atomic E-state index is 0.341. The van der Waals surface area contributed by atoms with Crippen LogP contribution >= 0.6 is 0 Å². The Labute approximate surface area is 223 Å². The molecule has 0 unspecified atom stereocenters. The molecule has 9 heteroatoms. The summed E-state index contributed by atoms with van der Waals surface area (Å²) in [4.78, 5) is 12.6. The van der Waals surface area contributed by atoms with Gasteiger partial charge in [-0.15, -0.1) is 0 Å². The van der Waals surface area contributed by atoms with Crippen LogP contribution in [0.1, 0.15) is 22.5 Å². The van der Waals surface area contributed by atoms with Crippen molar-refractivity contribution in [2.75, 3.05) is 17.1 Å². The minimum Gasteiger partial charge on any atom is -0.457 e. The van der Waals surface area contributed by atoms with Gasteiger partial charge in [-0.1, -0.05) is 36.4 Å². The number of para-hydroxylation sites is 2. The van der Waals surface area contributed by atoms with Gasteiger partial charge >= 0.3 is 0 Å². The molecule has 0 spiro atoms. The van der Waals surface area contributed by atoms with Crippen LogP contribution in [0.4, 0.5) is 5.69 Å². The van der Waals surface area contributed by atoms with Crippen LogP contribution in [0.2, 0.25) is 0 Å². The van der Waals surface area contributed by atoms with Gasteiger partial charge in [0.15, 0.2) is 0 Å². The van der Waals surface area contributed by atoms with Gasteiger partial charge < -0.3 is 9.30 Å². The molecule has 1 amide bonds. The van der Waals surface area contributed by atoms with Gasteiger partial charge in [0.05, 0.1) is 18.2 Å². The summed E-state index contributed by atoms with van der Waals surface area (Å²) in [6, 6.07) is 25.8. The van der Waals surface area contributed by atoms with Crippen molar-refractivity contribution in [3.8, 4) is 17.2 Å². The molecule has 0 aliphatic rings. The quantitative estimate of drug-likeness (QED) is 0.240. The number of benzene rings is 3. The summed E-state index contributed by atoms with van der Waals surface area (Å²) in [5, 5.41) is 4.08. The Hall–Kier alpha value is -4.37. The van der Waals surface area contributed by atoms with Crippen LogP contribution < -0.4 is 14.5 Å². The Balaban J connectivity index is 1.44. The van der Waals surface area contributed by atoms with Crippen LogP contribution in [-0.4, -0.2) is 37.9 Å². The number of nitrogens with zero attached hydrogens (tertiary/aromatic N) is 3. The van der Waals surface area contributed by atoms with Crippen molar-refractivity contribution in [1.29, 1.82) is 0 Å². The van der Waals surface area contributed by atoms with Crippen molar-refractivity contribution in [2.24, 2.45) is 5.10 Å². The lowest BCUT2D eigenvalue weighted by Crippen LogP contribution is -2.39. The molecule has 0 bridgehead atoms. The minimum atomic E-state index is -3.73. The first-order chi connectivity index (χ1) is 18.1. The van der Waals surface area contributed by atoms with Crippen LogP contribution in [0.15, 0.2) is 90.0 Å². The molecule has 196 valence electrons. The van der Waals surface area contributed by atoms with Gasteiger partial charge in [0.1, 0.15) is 18.0 Å². The third-order valence-electron chi connectivity index (χ3n) is 6.01. The van der Waals surface area contributed by atoms with E-state index in [0.717, 1.165) is 38.8 Å². The fourth-order valence-electron chi connectivity index (χ4n) is 4.15. The maximum absolute atomic E-state index is 12.6. The summed E-state index contributed by atoms with van der Waals surface area (Å²) in [6.07, 6.45) is 2.62. The molecule has 0 saturated heterocycles. The molecule has 0 fully saturated rings. The number of aryl methyl sites for hydroxylation is 2. The van der Waals surface area contributed by atoms with Crippen LogP contribution in [0.3, 0.4) is 0 Å². The first kappa shape index (κ1) is 26.7. The van der Waals surface area contributed by atoms with E-state index in [1.807, 2.05) is 62.4 Å². The number of aromatic nitrogens is 1.